The Morgan fingerprint density at radius 2 is 2.00 bits per heavy atom. The molecule has 0 saturated carbocycles. The predicted octanol–water partition coefficient (Wildman–Crippen LogP) is 3.51. The first-order valence-corrected chi connectivity index (χ1v) is 9.10. The molecule has 1 amide bonds. The Kier molecular flexibility index (Phi) is 5.29. The van der Waals surface area contributed by atoms with Crippen molar-refractivity contribution < 1.29 is 9.53 Å². The van der Waals surface area contributed by atoms with Crippen molar-refractivity contribution in [3.63, 3.8) is 0 Å². The summed E-state index contributed by atoms with van der Waals surface area (Å²) in [6.45, 7) is 1.06. The van der Waals surface area contributed by atoms with E-state index in [0.717, 1.165) is 34.2 Å². The highest BCUT2D eigenvalue weighted by Crippen LogP contribution is 2.24. The van der Waals surface area contributed by atoms with Crippen molar-refractivity contribution in [2.24, 2.45) is 0 Å². The van der Waals surface area contributed by atoms with E-state index in [4.69, 9.17) is 4.74 Å². The number of hydrogen-bond donors (Lipinski definition) is 2. The molecule has 0 saturated heterocycles. The Labute approximate surface area is 162 Å². The van der Waals surface area contributed by atoms with E-state index in [9.17, 15) is 4.79 Å². The largest absolute Gasteiger partial charge is 0.489 e. The molecule has 0 radical (unpaired) electrons. The molecule has 2 N–H and O–H groups in total. The van der Waals surface area contributed by atoms with Crippen molar-refractivity contribution >= 4 is 16.8 Å². The fraction of sp³-hybridized carbons (Fsp3) is 0.136. The average Bonchev–Trinajstić information content (AvgIpc) is 3.16. The molecule has 4 rings (SSSR count). The first-order chi connectivity index (χ1) is 13.8. The Balaban J connectivity index is 1.36. The van der Waals surface area contributed by atoms with Gasteiger partial charge in [0.15, 0.2) is 0 Å². The van der Waals surface area contributed by atoms with Gasteiger partial charge < -0.3 is 15.0 Å². The van der Waals surface area contributed by atoms with Crippen molar-refractivity contribution in [1.82, 2.24) is 20.3 Å². The number of carbonyl (C=O) groups is 1. The lowest BCUT2D eigenvalue weighted by Crippen LogP contribution is -2.26. The number of rotatable bonds is 7. The molecule has 0 spiro atoms. The Bertz CT molecular complexity index is 1060. The number of amides is 1. The molecule has 6 nitrogen and oxygen atoms in total. The second-order valence-electron chi connectivity index (χ2n) is 6.39. The van der Waals surface area contributed by atoms with Gasteiger partial charge in [0.25, 0.3) is 5.91 Å². The molecule has 2 aromatic carbocycles. The molecule has 0 aliphatic heterocycles. The Morgan fingerprint density at radius 1 is 1.11 bits per heavy atom. The average molecular weight is 372 g/mol. The van der Waals surface area contributed by atoms with Gasteiger partial charge in [-0.05, 0) is 29.7 Å². The van der Waals surface area contributed by atoms with Crippen molar-refractivity contribution in [3.8, 4) is 5.75 Å². The molecule has 2 aromatic heterocycles. The third kappa shape index (κ3) is 4.17. The third-order valence-corrected chi connectivity index (χ3v) is 4.46. The fourth-order valence-electron chi connectivity index (χ4n) is 3.02. The van der Waals surface area contributed by atoms with Crippen LogP contribution in [0.4, 0.5) is 0 Å². The highest BCUT2D eigenvalue weighted by molar-refractivity contribution is 5.92. The van der Waals surface area contributed by atoms with Crippen LogP contribution in [-0.4, -0.2) is 27.4 Å². The molecular weight excluding hydrogens is 352 g/mol. The predicted molar refractivity (Wildman–Crippen MR) is 107 cm³/mol. The topological polar surface area (TPSA) is 79.9 Å². The van der Waals surface area contributed by atoms with Crippen LogP contribution in [-0.2, 0) is 13.0 Å². The lowest BCUT2D eigenvalue weighted by Gasteiger charge is -2.07. The first-order valence-electron chi connectivity index (χ1n) is 9.10. The summed E-state index contributed by atoms with van der Waals surface area (Å²) in [4.78, 5) is 23.2. The summed E-state index contributed by atoms with van der Waals surface area (Å²) >= 11 is 0. The zero-order valence-corrected chi connectivity index (χ0v) is 15.3. The summed E-state index contributed by atoms with van der Waals surface area (Å²) in [6, 6.07) is 16.1. The van der Waals surface area contributed by atoms with Crippen LogP contribution in [0.5, 0.6) is 5.75 Å². The summed E-state index contributed by atoms with van der Waals surface area (Å²) in [6.07, 6.45) is 7.20. The minimum absolute atomic E-state index is 0.218. The third-order valence-electron chi connectivity index (χ3n) is 4.46. The molecule has 6 heteroatoms. The van der Waals surface area contributed by atoms with Gasteiger partial charge in [0.1, 0.15) is 18.1 Å². The van der Waals surface area contributed by atoms with Gasteiger partial charge in [0.05, 0.1) is 6.20 Å². The Morgan fingerprint density at radius 3 is 2.82 bits per heavy atom. The number of ether oxygens (including phenoxy) is 1. The lowest BCUT2D eigenvalue weighted by molar-refractivity contribution is 0.0949. The van der Waals surface area contributed by atoms with Crippen LogP contribution in [0.25, 0.3) is 10.9 Å². The number of nitrogens with one attached hydrogen (secondary N) is 2. The number of nitrogens with zero attached hydrogens (tertiary/aromatic N) is 2. The summed E-state index contributed by atoms with van der Waals surface area (Å²) in [7, 11) is 0. The molecule has 28 heavy (non-hydrogen) atoms. The van der Waals surface area contributed by atoms with E-state index in [2.05, 4.69) is 20.3 Å². The van der Waals surface area contributed by atoms with Gasteiger partial charge in [0.2, 0.25) is 0 Å². The molecule has 0 unspecified atom stereocenters. The van der Waals surface area contributed by atoms with E-state index in [0.29, 0.717) is 18.8 Å². The molecule has 2 heterocycles. The molecular formula is C22H20N4O2. The van der Waals surface area contributed by atoms with Crippen molar-refractivity contribution in [1.29, 1.82) is 0 Å². The van der Waals surface area contributed by atoms with Crippen LogP contribution in [0.2, 0.25) is 0 Å². The zero-order chi connectivity index (χ0) is 19.2. The number of benzene rings is 2. The second-order valence-corrected chi connectivity index (χ2v) is 6.39. The monoisotopic (exact) mass is 372 g/mol. The molecule has 0 aliphatic rings. The normalized spacial score (nSPS) is 10.7. The molecule has 0 atom stereocenters. The molecule has 4 aromatic rings. The van der Waals surface area contributed by atoms with E-state index in [-0.39, 0.29) is 5.91 Å². The molecule has 0 aliphatic carbocycles. The molecule has 140 valence electrons. The van der Waals surface area contributed by atoms with E-state index in [1.807, 2.05) is 54.7 Å². The van der Waals surface area contributed by atoms with Gasteiger partial charge in [-0.1, -0.05) is 30.3 Å². The minimum atomic E-state index is -0.218. The summed E-state index contributed by atoms with van der Waals surface area (Å²) in [5.74, 6) is 0.602. The van der Waals surface area contributed by atoms with Gasteiger partial charge >= 0.3 is 0 Å². The fourth-order valence-corrected chi connectivity index (χ4v) is 3.02. The van der Waals surface area contributed by atoms with Crippen molar-refractivity contribution in [2.75, 3.05) is 6.54 Å². The van der Waals surface area contributed by atoms with Crippen molar-refractivity contribution in [2.45, 2.75) is 13.0 Å². The van der Waals surface area contributed by atoms with E-state index >= 15 is 0 Å². The van der Waals surface area contributed by atoms with Crippen LogP contribution < -0.4 is 10.1 Å². The summed E-state index contributed by atoms with van der Waals surface area (Å²) in [5, 5.41) is 4.00. The maximum Gasteiger partial charge on any atom is 0.271 e. The van der Waals surface area contributed by atoms with Gasteiger partial charge in [-0.2, -0.15) is 0 Å². The van der Waals surface area contributed by atoms with E-state index < -0.39 is 0 Å². The van der Waals surface area contributed by atoms with E-state index in [1.165, 1.54) is 12.4 Å². The van der Waals surface area contributed by atoms with Gasteiger partial charge in [0, 0.05) is 42.1 Å². The first kappa shape index (κ1) is 17.7. The highest BCUT2D eigenvalue weighted by Gasteiger charge is 2.08. The number of hydrogen-bond acceptors (Lipinski definition) is 4. The maximum atomic E-state index is 12.0. The lowest BCUT2D eigenvalue weighted by atomic mass is 10.1. The van der Waals surface area contributed by atoms with Crippen LogP contribution >= 0.6 is 0 Å². The van der Waals surface area contributed by atoms with Crippen LogP contribution in [0.3, 0.4) is 0 Å². The van der Waals surface area contributed by atoms with Gasteiger partial charge in [-0.25, -0.2) is 4.98 Å². The molecule has 0 fully saturated rings. The van der Waals surface area contributed by atoms with Crippen LogP contribution in [0, 0.1) is 0 Å². The molecule has 0 bridgehead atoms. The number of aromatic nitrogens is 3. The number of aromatic amines is 1. The van der Waals surface area contributed by atoms with Crippen LogP contribution in [0.1, 0.15) is 21.6 Å². The maximum absolute atomic E-state index is 12.0. The van der Waals surface area contributed by atoms with Crippen molar-refractivity contribution in [3.05, 3.63) is 90.1 Å². The zero-order valence-electron chi connectivity index (χ0n) is 15.3. The standard InChI is InChI=1S/C22H20N4O2/c27-22(21-14-23-10-11-24-21)25-9-8-17-13-26-20-12-18(6-7-19(17)20)28-15-16-4-2-1-3-5-16/h1-7,10-14,26H,8-9,15H2,(H,25,27). The smallest absolute Gasteiger partial charge is 0.271 e. The SMILES string of the molecule is O=C(NCCc1c[nH]c2cc(OCc3ccccc3)ccc12)c1cnccn1. The number of H-pyrrole nitrogens is 1. The van der Waals surface area contributed by atoms with Gasteiger partial charge in [-0.15, -0.1) is 0 Å². The highest BCUT2D eigenvalue weighted by atomic mass is 16.5. The Hall–Kier alpha value is -3.67. The van der Waals surface area contributed by atoms with Crippen LogP contribution in [0.15, 0.2) is 73.3 Å². The minimum Gasteiger partial charge on any atom is -0.489 e. The quantitative estimate of drug-likeness (QED) is 0.520. The number of carbonyl (C=O) groups excluding carboxylic acids is 1. The van der Waals surface area contributed by atoms with E-state index in [1.54, 1.807) is 6.20 Å². The van der Waals surface area contributed by atoms with Gasteiger partial charge in [-0.3, -0.25) is 9.78 Å². The summed E-state index contributed by atoms with van der Waals surface area (Å²) in [5.41, 5.74) is 3.61. The summed E-state index contributed by atoms with van der Waals surface area (Å²) < 4.78 is 5.88. The second kappa shape index (κ2) is 8.35. The number of fused-ring (bicyclic) bond motifs is 1.